The number of thioether (sulfide) groups is 1. The molecule has 128 valence electrons. The third-order valence-corrected chi connectivity index (χ3v) is 5.33. The van der Waals surface area contributed by atoms with Gasteiger partial charge in [0.15, 0.2) is 5.96 Å². The topological polar surface area (TPSA) is 44.9 Å². The minimum absolute atomic E-state index is 0. The standard InChI is InChI=1S/C17H26N4S.HI/c18-17(21-9-11-22-12-10-21)19-13-15-3-5-16(6-4-15)14-20-7-1-2-8-20;/h3-6H,1-2,7-14H2,(H2,18,19);1H. The number of nitrogens with two attached hydrogens (primary N) is 1. The predicted molar refractivity (Wildman–Crippen MR) is 111 cm³/mol. The lowest BCUT2D eigenvalue weighted by molar-refractivity contribution is 0.331. The van der Waals surface area contributed by atoms with Gasteiger partial charge >= 0.3 is 0 Å². The molecule has 1 aromatic carbocycles. The van der Waals surface area contributed by atoms with Gasteiger partial charge < -0.3 is 10.6 Å². The van der Waals surface area contributed by atoms with Crippen molar-refractivity contribution >= 4 is 41.7 Å². The van der Waals surface area contributed by atoms with E-state index in [9.17, 15) is 0 Å². The van der Waals surface area contributed by atoms with E-state index in [1.165, 1.54) is 37.1 Å². The van der Waals surface area contributed by atoms with Crippen LogP contribution in [0, 0.1) is 0 Å². The van der Waals surface area contributed by atoms with Crippen molar-refractivity contribution in [3.63, 3.8) is 0 Å². The normalized spacial score (nSPS) is 19.7. The van der Waals surface area contributed by atoms with Crippen LogP contribution in [0.1, 0.15) is 24.0 Å². The molecule has 2 aliphatic heterocycles. The molecular formula is C17H27IN4S. The molecule has 4 nitrogen and oxygen atoms in total. The molecule has 0 radical (unpaired) electrons. The molecule has 0 spiro atoms. The second-order valence-electron chi connectivity index (χ2n) is 6.07. The average molecular weight is 446 g/mol. The lowest BCUT2D eigenvalue weighted by Gasteiger charge is -2.27. The highest BCUT2D eigenvalue weighted by Crippen LogP contribution is 2.14. The minimum Gasteiger partial charge on any atom is -0.370 e. The summed E-state index contributed by atoms with van der Waals surface area (Å²) in [4.78, 5) is 9.27. The highest BCUT2D eigenvalue weighted by atomic mass is 127. The van der Waals surface area contributed by atoms with Crippen molar-refractivity contribution in [2.24, 2.45) is 10.7 Å². The molecule has 0 amide bonds. The van der Waals surface area contributed by atoms with Crippen LogP contribution in [0.3, 0.4) is 0 Å². The minimum atomic E-state index is 0. The third kappa shape index (κ3) is 5.83. The molecule has 0 atom stereocenters. The van der Waals surface area contributed by atoms with Crippen LogP contribution in [0.4, 0.5) is 0 Å². The Labute approximate surface area is 160 Å². The smallest absolute Gasteiger partial charge is 0.191 e. The first-order chi connectivity index (χ1) is 10.8. The molecule has 2 aliphatic rings. The van der Waals surface area contributed by atoms with Gasteiger partial charge in [-0.3, -0.25) is 4.90 Å². The van der Waals surface area contributed by atoms with E-state index >= 15 is 0 Å². The van der Waals surface area contributed by atoms with E-state index in [2.05, 4.69) is 39.1 Å². The zero-order valence-corrected chi connectivity index (χ0v) is 16.8. The van der Waals surface area contributed by atoms with Crippen LogP contribution in [0.15, 0.2) is 29.3 Å². The van der Waals surface area contributed by atoms with Gasteiger partial charge in [0, 0.05) is 31.1 Å². The highest BCUT2D eigenvalue weighted by molar-refractivity contribution is 14.0. The van der Waals surface area contributed by atoms with E-state index in [-0.39, 0.29) is 24.0 Å². The van der Waals surface area contributed by atoms with Gasteiger partial charge in [0.1, 0.15) is 0 Å². The van der Waals surface area contributed by atoms with E-state index in [1.807, 2.05) is 11.8 Å². The predicted octanol–water partition coefficient (Wildman–Crippen LogP) is 2.76. The summed E-state index contributed by atoms with van der Waals surface area (Å²) in [5, 5.41) is 0. The maximum Gasteiger partial charge on any atom is 0.191 e. The summed E-state index contributed by atoms with van der Waals surface area (Å²) >= 11 is 1.99. The first kappa shape index (κ1) is 18.9. The highest BCUT2D eigenvalue weighted by Gasteiger charge is 2.12. The van der Waals surface area contributed by atoms with Gasteiger partial charge in [-0.25, -0.2) is 4.99 Å². The Kier molecular flexibility index (Phi) is 7.98. The first-order valence-electron chi connectivity index (χ1n) is 8.24. The van der Waals surface area contributed by atoms with E-state index < -0.39 is 0 Å². The molecule has 0 saturated carbocycles. The van der Waals surface area contributed by atoms with Crippen LogP contribution in [-0.4, -0.2) is 53.4 Å². The fraction of sp³-hybridized carbons (Fsp3) is 0.588. The number of nitrogens with zero attached hydrogens (tertiary/aromatic N) is 3. The Morgan fingerprint density at radius 1 is 1.00 bits per heavy atom. The lowest BCUT2D eigenvalue weighted by Crippen LogP contribution is -2.42. The van der Waals surface area contributed by atoms with E-state index in [0.29, 0.717) is 12.5 Å². The van der Waals surface area contributed by atoms with E-state index in [1.54, 1.807) is 0 Å². The fourth-order valence-electron chi connectivity index (χ4n) is 3.01. The van der Waals surface area contributed by atoms with Gasteiger partial charge in [-0.1, -0.05) is 24.3 Å². The van der Waals surface area contributed by atoms with Crippen molar-refractivity contribution in [1.82, 2.24) is 9.80 Å². The van der Waals surface area contributed by atoms with Crippen LogP contribution in [0.5, 0.6) is 0 Å². The molecule has 3 rings (SSSR count). The molecule has 23 heavy (non-hydrogen) atoms. The zero-order valence-electron chi connectivity index (χ0n) is 13.6. The summed E-state index contributed by atoms with van der Waals surface area (Å²) in [7, 11) is 0. The van der Waals surface area contributed by atoms with Crippen LogP contribution in [-0.2, 0) is 13.1 Å². The Balaban J connectivity index is 0.00000192. The molecule has 2 N–H and O–H groups in total. The van der Waals surface area contributed by atoms with Gasteiger partial charge in [-0.15, -0.1) is 24.0 Å². The summed E-state index contributed by atoms with van der Waals surface area (Å²) in [5.41, 5.74) is 8.73. The number of rotatable bonds is 4. The quantitative estimate of drug-likeness (QED) is 0.439. The molecule has 6 heteroatoms. The Bertz CT molecular complexity index is 494. The van der Waals surface area contributed by atoms with Crippen molar-refractivity contribution < 1.29 is 0 Å². The van der Waals surface area contributed by atoms with Crippen molar-refractivity contribution in [1.29, 1.82) is 0 Å². The van der Waals surface area contributed by atoms with Gasteiger partial charge in [-0.05, 0) is 37.1 Å². The van der Waals surface area contributed by atoms with Gasteiger partial charge in [0.25, 0.3) is 0 Å². The molecule has 2 saturated heterocycles. The zero-order chi connectivity index (χ0) is 15.2. The van der Waals surface area contributed by atoms with Gasteiger partial charge in [-0.2, -0.15) is 11.8 Å². The van der Waals surface area contributed by atoms with Crippen LogP contribution in [0.25, 0.3) is 0 Å². The van der Waals surface area contributed by atoms with Gasteiger partial charge in [0.2, 0.25) is 0 Å². The monoisotopic (exact) mass is 446 g/mol. The molecule has 0 unspecified atom stereocenters. The molecule has 0 aromatic heterocycles. The molecule has 0 aliphatic carbocycles. The van der Waals surface area contributed by atoms with Crippen molar-refractivity contribution in [2.45, 2.75) is 25.9 Å². The number of hydrogen-bond donors (Lipinski definition) is 1. The molecular weight excluding hydrogens is 419 g/mol. The summed E-state index contributed by atoms with van der Waals surface area (Å²) in [6, 6.07) is 8.84. The number of hydrogen-bond acceptors (Lipinski definition) is 3. The largest absolute Gasteiger partial charge is 0.370 e. The van der Waals surface area contributed by atoms with E-state index in [4.69, 9.17) is 5.73 Å². The molecule has 0 bridgehead atoms. The lowest BCUT2D eigenvalue weighted by atomic mass is 10.1. The molecule has 2 heterocycles. The maximum atomic E-state index is 6.10. The van der Waals surface area contributed by atoms with Crippen molar-refractivity contribution in [3.05, 3.63) is 35.4 Å². The third-order valence-electron chi connectivity index (χ3n) is 4.39. The second-order valence-corrected chi connectivity index (χ2v) is 7.30. The Morgan fingerprint density at radius 3 is 2.26 bits per heavy atom. The Hall–Kier alpha value is -0.470. The number of benzene rings is 1. The average Bonchev–Trinajstić information content (AvgIpc) is 3.08. The van der Waals surface area contributed by atoms with Crippen LogP contribution >= 0.6 is 35.7 Å². The second kappa shape index (κ2) is 9.74. The maximum absolute atomic E-state index is 6.10. The number of guanidine groups is 1. The Morgan fingerprint density at radius 2 is 1.61 bits per heavy atom. The van der Waals surface area contributed by atoms with Crippen molar-refractivity contribution in [3.8, 4) is 0 Å². The molecule has 2 fully saturated rings. The summed E-state index contributed by atoms with van der Waals surface area (Å²) in [6.07, 6.45) is 2.70. The number of likely N-dealkylation sites (tertiary alicyclic amines) is 1. The van der Waals surface area contributed by atoms with Crippen LogP contribution in [0.2, 0.25) is 0 Å². The van der Waals surface area contributed by atoms with Gasteiger partial charge in [0.05, 0.1) is 6.54 Å². The molecule has 1 aromatic rings. The summed E-state index contributed by atoms with van der Waals surface area (Å²) < 4.78 is 0. The number of aliphatic imine (C=N–C) groups is 1. The van der Waals surface area contributed by atoms with Crippen molar-refractivity contribution in [2.75, 3.05) is 37.7 Å². The van der Waals surface area contributed by atoms with E-state index in [0.717, 1.165) is 31.1 Å². The summed E-state index contributed by atoms with van der Waals surface area (Å²) in [6.45, 7) is 6.30. The number of halogens is 1. The summed E-state index contributed by atoms with van der Waals surface area (Å²) in [5.74, 6) is 3.00. The SMILES string of the molecule is I.NC(=NCc1ccc(CN2CCCC2)cc1)N1CCSCC1. The van der Waals surface area contributed by atoms with Crippen LogP contribution < -0.4 is 5.73 Å². The fourth-order valence-corrected chi connectivity index (χ4v) is 3.92. The first-order valence-corrected chi connectivity index (χ1v) is 9.39.